The van der Waals surface area contributed by atoms with Crippen LogP contribution < -0.4 is 15.5 Å². The number of likely N-dealkylation sites (N-methyl/N-ethyl adjacent to an activating group) is 1. The van der Waals surface area contributed by atoms with Crippen molar-refractivity contribution in [2.24, 2.45) is 0 Å². The molecule has 2 atom stereocenters. The van der Waals surface area contributed by atoms with Crippen LogP contribution in [0.15, 0.2) is 36.8 Å². The number of aromatic nitrogens is 4. The van der Waals surface area contributed by atoms with E-state index >= 15 is 0 Å². The van der Waals surface area contributed by atoms with Gasteiger partial charge in [0.25, 0.3) is 5.91 Å². The third-order valence-corrected chi connectivity index (χ3v) is 6.60. The molecule has 4 heterocycles. The van der Waals surface area contributed by atoms with Crippen LogP contribution in [-0.4, -0.2) is 91.9 Å². The van der Waals surface area contributed by atoms with E-state index in [-0.39, 0.29) is 18.2 Å². The van der Waals surface area contributed by atoms with Crippen LogP contribution in [0.5, 0.6) is 0 Å². The quantitative estimate of drug-likeness (QED) is 0.224. The summed E-state index contributed by atoms with van der Waals surface area (Å²) < 4.78 is 95.6. The molecule has 1 aliphatic rings. The highest BCUT2D eigenvalue weighted by molar-refractivity contribution is 6.14. The maximum Gasteiger partial charge on any atom is 0.490 e. The number of halogens is 8. The van der Waals surface area contributed by atoms with E-state index in [0.717, 1.165) is 11.1 Å². The fourth-order valence-corrected chi connectivity index (χ4v) is 4.44. The normalized spacial score (nSPS) is 16.4. The first-order valence-corrected chi connectivity index (χ1v) is 13.4. The zero-order chi connectivity index (χ0) is 35.4. The Morgan fingerprint density at radius 1 is 1.00 bits per heavy atom. The molecule has 0 radical (unpaired) electrons. The van der Waals surface area contributed by atoms with Crippen LogP contribution in [0.3, 0.4) is 0 Å². The van der Waals surface area contributed by atoms with Crippen molar-refractivity contribution in [3.63, 3.8) is 0 Å². The van der Waals surface area contributed by atoms with Gasteiger partial charge in [0, 0.05) is 48.8 Å². The number of pyridine rings is 1. The van der Waals surface area contributed by atoms with Crippen LogP contribution in [0.4, 0.5) is 46.5 Å². The topological polar surface area (TPSA) is 154 Å². The molecular formula is C27H27F8N7O5. The molecule has 0 aliphatic carbocycles. The second-order valence-corrected chi connectivity index (χ2v) is 9.95. The smallest absolute Gasteiger partial charge is 0.475 e. The van der Waals surface area contributed by atoms with Crippen molar-refractivity contribution >= 4 is 45.8 Å². The molecule has 1 aromatic carbocycles. The number of carboxylic acids is 2. The summed E-state index contributed by atoms with van der Waals surface area (Å²) >= 11 is 0. The summed E-state index contributed by atoms with van der Waals surface area (Å²) in [5.41, 5.74) is 2.92. The number of rotatable bonds is 5. The number of hydrogen-bond acceptors (Lipinski definition) is 7. The number of carbonyl (C=O) groups excluding carboxylic acids is 1. The van der Waals surface area contributed by atoms with E-state index in [1.54, 1.807) is 41.5 Å². The minimum absolute atomic E-state index is 0.204. The van der Waals surface area contributed by atoms with Crippen LogP contribution in [0.1, 0.15) is 23.0 Å². The van der Waals surface area contributed by atoms with E-state index in [1.165, 1.54) is 6.07 Å². The number of hydrogen-bond donors (Lipinski definition) is 4. The summed E-state index contributed by atoms with van der Waals surface area (Å²) in [6, 6.07) is 4.52. The van der Waals surface area contributed by atoms with Gasteiger partial charge in [0.05, 0.1) is 29.5 Å². The van der Waals surface area contributed by atoms with Crippen LogP contribution in [0, 0.1) is 12.7 Å². The van der Waals surface area contributed by atoms with Gasteiger partial charge >= 0.3 is 24.3 Å². The van der Waals surface area contributed by atoms with Gasteiger partial charge in [0.15, 0.2) is 11.5 Å². The first-order valence-electron chi connectivity index (χ1n) is 13.4. The molecular weight excluding hydrogens is 654 g/mol. The fourth-order valence-electron chi connectivity index (χ4n) is 4.44. The number of amides is 1. The number of nitrogens with one attached hydrogen (secondary N) is 2. The molecule has 256 valence electrons. The van der Waals surface area contributed by atoms with Crippen molar-refractivity contribution in [3.8, 4) is 0 Å². The molecule has 3 aromatic heterocycles. The van der Waals surface area contributed by atoms with Gasteiger partial charge < -0.3 is 30.1 Å². The maximum atomic E-state index is 14.4. The molecule has 0 bridgehead atoms. The number of aliphatic carboxylic acids is 2. The summed E-state index contributed by atoms with van der Waals surface area (Å²) in [6.45, 7) is 5.16. The van der Waals surface area contributed by atoms with Gasteiger partial charge in [0.1, 0.15) is 11.7 Å². The monoisotopic (exact) mass is 681 g/mol. The van der Waals surface area contributed by atoms with Crippen LogP contribution in [0.2, 0.25) is 0 Å². The third kappa shape index (κ3) is 8.83. The number of fused-ring (bicyclic) bond motifs is 2. The summed E-state index contributed by atoms with van der Waals surface area (Å²) in [6.07, 6.45) is -5.96. The minimum atomic E-state index is -5.08. The highest BCUT2D eigenvalue weighted by Gasteiger charge is 2.39. The molecule has 0 spiro atoms. The lowest BCUT2D eigenvalue weighted by atomic mass is 10.1. The Hall–Kier alpha value is -5.01. The predicted octanol–water partition coefficient (Wildman–Crippen LogP) is 4.42. The average Bonchev–Trinajstić information content (AvgIpc) is 3.67. The number of carbonyl (C=O) groups is 3. The number of carboxylic acid groups (broad SMARTS) is 2. The summed E-state index contributed by atoms with van der Waals surface area (Å²) in [5, 5.41) is 25.4. The minimum Gasteiger partial charge on any atom is -0.475 e. The Balaban J connectivity index is 0.000000360. The molecule has 1 fully saturated rings. The predicted molar refractivity (Wildman–Crippen MR) is 151 cm³/mol. The second-order valence-electron chi connectivity index (χ2n) is 9.95. The summed E-state index contributed by atoms with van der Waals surface area (Å²) in [4.78, 5) is 37.1. The highest BCUT2D eigenvalue weighted by Crippen LogP contribution is 2.32. The average molecular weight is 682 g/mol. The van der Waals surface area contributed by atoms with Gasteiger partial charge in [-0.2, -0.15) is 31.4 Å². The number of imidazole rings is 1. The fraction of sp³-hybridized carbons (Fsp3) is 0.370. The zero-order valence-corrected chi connectivity index (χ0v) is 24.6. The molecule has 4 N–H and O–H groups in total. The molecule has 20 heteroatoms. The SMILES string of the molecule is CCn1cc2c(N3C[C@H](F)[C@H](NC)C3)ccc(C(=O)Nc3cc(F)c4nc(C)cn4c3)c2n1.O=C(O)C(F)(F)F.O=C(O)C(F)(F)F. The second kappa shape index (κ2) is 14.2. The summed E-state index contributed by atoms with van der Waals surface area (Å²) in [7, 11) is 1.75. The Kier molecular flexibility index (Phi) is 11.0. The van der Waals surface area contributed by atoms with E-state index in [4.69, 9.17) is 19.8 Å². The van der Waals surface area contributed by atoms with Crippen molar-refractivity contribution in [2.45, 2.75) is 45.0 Å². The van der Waals surface area contributed by atoms with Gasteiger partial charge in [0.2, 0.25) is 0 Å². The van der Waals surface area contributed by atoms with E-state index < -0.39 is 42.2 Å². The van der Waals surface area contributed by atoms with Gasteiger partial charge in [-0.05, 0) is 33.0 Å². The Labute approximate surface area is 259 Å². The van der Waals surface area contributed by atoms with Gasteiger partial charge in [-0.25, -0.2) is 23.4 Å². The number of anilines is 2. The largest absolute Gasteiger partial charge is 0.490 e. The third-order valence-electron chi connectivity index (χ3n) is 6.60. The molecule has 1 amide bonds. The maximum absolute atomic E-state index is 14.4. The lowest BCUT2D eigenvalue weighted by Crippen LogP contribution is -2.34. The first kappa shape index (κ1) is 36.5. The van der Waals surface area contributed by atoms with Crippen molar-refractivity contribution in [1.82, 2.24) is 24.5 Å². The molecule has 4 aromatic rings. The Morgan fingerprint density at radius 2 is 1.60 bits per heavy atom. The molecule has 12 nitrogen and oxygen atoms in total. The standard InChI is InChI=1S/C23H25F2N7O.2C2HF3O2/c1-4-32-10-16-20(30-11-18(25)19(12-30)26-3)6-5-15(21(16)29-32)23(33)28-14-7-17(24)22-27-13(2)8-31(22)9-14;2*3-2(4,5)1(6)7/h5-10,18-19,26H,4,11-12H2,1-3H3,(H,28,33);2*(H,6,7)/t18-,19+;;/m0../s1. The molecule has 0 saturated carbocycles. The molecule has 1 saturated heterocycles. The number of alkyl halides is 7. The van der Waals surface area contributed by atoms with Crippen LogP contribution in [0.25, 0.3) is 16.6 Å². The lowest BCUT2D eigenvalue weighted by Gasteiger charge is -2.19. The molecule has 47 heavy (non-hydrogen) atoms. The van der Waals surface area contributed by atoms with Gasteiger partial charge in [-0.15, -0.1) is 0 Å². The summed E-state index contributed by atoms with van der Waals surface area (Å²) in [5.74, 6) is -6.44. The van der Waals surface area contributed by atoms with Crippen LogP contribution in [-0.2, 0) is 16.1 Å². The molecule has 1 aliphatic heterocycles. The Bertz CT molecular complexity index is 1750. The number of benzene rings is 1. The van der Waals surface area contributed by atoms with E-state index in [1.807, 2.05) is 24.1 Å². The van der Waals surface area contributed by atoms with E-state index in [0.29, 0.717) is 35.6 Å². The first-order chi connectivity index (χ1) is 21.8. The van der Waals surface area contributed by atoms with E-state index in [2.05, 4.69) is 20.7 Å². The van der Waals surface area contributed by atoms with Crippen molar-refractivity contribution < 1.29 is 59.7 Å². The lowest BCUT2D eigenvalue weighted by molar-refractivity contribution is -0.193. The number of nitrogens with zero attached hydrogens (tertiary/aromatic N) is 5. The number of aryl methyl sites for hydroxylation is 2. The van der Waals surface area contributed by atoms with Gasteiger partial charge in [-0.3, -0.25) is 9.48 Å². The van der Waals surface area contributed by atoms with E-state index in [9.17, 15) is 39.9 Å². The molecule has 5 rings (SSSR count). The zero-order valence-electron chi connectivity index (χ0n) is 24.6. The Morgan fingerprint density at radius 3 is 2.11 bits per heavy atom. The van der Waals surface area contributed by atoms with Crippen LogP contribution >= 0.6 is 0 Å². The van der Waals surface area contributed by atoms with Crippen molar-refractivity contribution in [2.75, 3.05) is 30.4 Å². The van der Waals surface area contributed by atoms with Crippen molar-refractivity contribution in [1.29, 1.82) is 0 Å². The van der Waals surface area contributed by atoms with Crippen molar-refractivity contribution in [3.05, 3.63) is 53.9 Å². The molecule has 0 unspecified atom stereocenters. The highest BCUT2D eigenvalue weighted by atomic mass is 19.4. The van der Waals surface area contributed by atoms with Gasteiger partial charge in [-0.1, -0.05) is 0 Å².